The van der Waals surface area contributed by atoms with Crippen molar-refractivity contribution < 1.29 is 43.2 Å². The second kappa shape index (κ2) is 12.3. The minimum atomic E-state index is -3.99. The van der Waals surface area contributed by atoms with E-state index in [0.717, 1.165) is 17.3 Å². The van der Waals surface area contributed by atoms with E-state index in [1.165, 1.54) is 13.4 Å². The number of thioether (sulfide) groups is 1. The summed E-state index contributed by atoms with van der Waals surface area (Å²) in [5.41, 5.74) is 3.35. The van der Waals surface area contributed by atoms with Crippen LogP contribution in [0.2, 0.25) is 0 Å². The van der Waals surface area contributed by atoms with E-state index < -0.39 is 42.6 Å². The number of aromatic nitrogens is 4. The maximum atomic E-state index is 13.8. The van der Waals surface area contributed by atoms with Crippen LogP contribution in [-0.4, -0.2) is 96.0 Å². The fourth-order valence-electron chi connectivity index (χ4n) is 5.33. The lowest BCUT2D eigenvalue weighted by molar-refractivity contribution is -0.119. The molecule has 0 radical (unpaired) electrons. The molecule has 6 atom stereocenters. The number of anilines is 1. The predicted octanol–water partition coefficient (Wildman–Crippen LogP) is 1.43. The number of aliphatic hydroxyl groups excluding tert-OH is 2. The van der Waals surface area contributed by atoms with Gasteiger partial charge in [0.05, 0.1) is 38.7 Å². The SMILES string of the molecule is COc1nc(N)nc2c1ncn2C1C2(C)OC(COP(=O)(NCc3ccccc3)OCCSC(=O)C(C)(C)CO)C(O)C12O. The number of nitrogen functional groups attached to an aromatic ring is 1. The van der Waals surface area contributed by atoms with Crippen molar-refractivity contribution in [2.45, 2.75) is 56.8 Å². The molecule has 240 valence electrons. The van der Waals surface area contributed by atoms with E-state index in [1.54, 1.807) is 25.3 Å². The number of hydrogen-bond acceptors (Lipinski definition) is 14. The van der Waals surface area contributed by atoms with Crippen molar-refractivity contribution in [2.75, 3.05) is 38.4 Å². The minimum Gasteiger partial charge on any atom is -0.479 e. The Morgan fingerprint density at radius 2 is 2.00 bits per heavy atom. The van der Waals surface area contributed by atoms with Crippen LogP contribution in [0.4, 0.5) is 5.95 Å². The van der Waals surface area contributed by atoms with Gasteiger partial charge in [0.1, 0.15) is 29.5 Å². The summed E-state index contributed by atoms with van der Waals surface area (Å²) in [5, 5.41) is 34.8. The van der Waals surface area contributed by atoms with Gasteiger partial charge < -0.3 is 35.1 Å². The number of carbonyl (C=O) groups is 1. The van der Waals surface area contributed by atoms with E-state index in [2.05, 4.69) is 20.0 Å². The molecule has 44 heavy (non-hydrogen) atoms. The van der Waals surface area contributed by atoms with Gasteiger partial charge in [0.2, 0.25) is 11.8 Å². The van der Waals surface area contributed by atoms with E-state index in [4.69, 9.17) is 24.3 Å². The Hall–Kier alpha value is -2.66. The standard InChI is InChI=1S/C27H37N6O9PS/c1-25(2,14-34)23(36)44-11-10-40-43(38,30-12-16-8-6-5-7-9-16)41-13-17-19(35)27(37)22(26(27,3)42-17)33-15-29-18-20(33)31-24(28)32-21(18)39-4/h5-9,15,17,19,22,34-35,37H,10-14H2,1-4H3,(H,30,38)(H2,28,31,32). The average Bonchev–Trinajstić information content (AvgIpc) is 3.22. The number of imidazole rings is 1. The second-order valence-corrected chi connectivity index (χ2v) is 14.4. The lowest BCUT2D eigenvalue weighted by atomic mass is 9.97. The highest BCUT2D eigenvalue weighted by Crippen LogP contribution is 2.68. The number of aliphatic hydroxyl groups is 3. The number of methoxy groups -OCH3 is 1. The third-order valence-electron chi connectivity index (χ3n) is 7.98. The Morgan fingerprint density at radius 1 is 1.27 bits per heavy atom. The molecular weight excluding hydrogens is 615 g/mol. The van der Waals surface area contributed by atoms with Gasteiger partial charge in [-0.15, -0.1) is 0 Å². The fraction of sp³-hybridized carbons (Fsp3) is 0.556. The molecule has 17 heteroatoms. The van der Waals surface area contributed by atoms with Gasteiger partial charge in [-0.1, -0.05) is 42.1 Å². The quantitative estimate of drug-likeness (QED) is 0.123. The van der Waals surface area contributed by atoms with Crippen LogP contribution in [0.1, 0.15) is 32.4 Å². The van der Waals surface area contributed by atoms with Crippen LogP contribution in [0.15, 0.2) is 36.7 Å². The molecular formula is C27H37N6O9PS. The van der Waals surface area contributed by atoms with E-state index in [0.29, 0.717) is 11.2 Å². The van der Waals surface area contributed by atoms with E-state index in [9.17, 15) is 24.7 Å². The van der Waals surface area contributed by atoms with Crippen molar-refractivity contribution in [1.82, 2.24) is 24.6 Å². The molecule has 2 aromatic heterocycles. The van der Waals surface area contributed by atoms with Crippen molar-refractivity contribution in [3.63, 3.8) is 0 Å². The molecule has 0 spiro atoms. The Kier molecular flexibility index (Phi) is 9.12. The molecule has 6 N–H and O–H groups in total. The molecule has 0 bridgehead atoms. The number of nitrogens with one attached hydrogen (secondary N) is 1. The normalized spacial score (nSPS) is 27.7. The molecule has 1 aliphatic carbocycles. The lowest BCUT2D eigenvalue weighted by Gasteiger charge is -2.26. The molecule has 1 saturated heterocycles. The number of fused-ring (bicyclic) bond motifs is 2. The van der Waals surface area contributed by atoms with E-state index >= 15 is 0 Å². The van der Waals surface area contributed by atoms with E-state index in [1.807, 2.05) is 30.3 Å². The first-order chi connectivity index (χ1) is 20.8. The van der Waals surface area contributed by atoms with Gasteiger partial charge in [-0.3, -0.25) is 13.8 Å². The third kappa shape index (κ3) is 5.86. The Bertz CT molecular complexity index is 1560. The molecule has 1 aromatic carbocycles. The smallest absolute Gasteiger partial charge is 0.405 e. The molecule has 3 aromatic rings. The van der Waals surface area contributed by atoms with E-state index in [-0.39, 0.29) is 49.1 Å². The Morgan fingerprint density at radius 3 is 2.64 bits per heavy atom. The van der Waals surface area contributed by atoms with Crippen LogP contribution in [0.25, 0.3) is 11.2 Å². The summed E-state index contributed by atoms with van der Waals surface area (Å²) in [4.78, 5) is 24.9. The number of hydrogen-bond donors (Lipinski definition) is 5. The summed E-state index contributed by atoms with van der Waals surface area (Å²) >= 11 is 0.956. The van der Waals surface area contributed by atoms with Crippen molar-refractivity contribution in [3.8, 4) is 5.88 Å². The van der Waals surface area contributed by atoms with Crippen molar-refractivity contribution in [2.24, 2.45) is 5.41 Å². The zero-order valence-corrected chi connectivity index (χ0v) is 26.5. The van der Waals surface area contributed by atoms with Crippen LogP contribution in [0.3, 0.4) is 0 Å². The molecule has 15 nitrogen and oxygen atoms in total. The van der Waals surface area contributed by atoms with Crippen LogP contribution in [-0.2, 0) is 29.7 Å². The van der Waals surface area contributed by atoms with Crippen LogP contribution in [0.5, 0.6) is 5.88 Å². The zero-order chi connectivity index (χ0) is 31.9. The van der Waals surface area contributed by atoms with Crippen molar-refractivity contribution in [1.29, 1.82) is 0 Å². The highest BCUT2D eigenvalue weighted by atomic mass is 32.2. The highest BCUT2D eigenvalue weighted by molar-refractivity contribution is 8.13. The van der Waals surface area contributed by atoms with Gasteiger partial charge in [-0.05, 0) is 26.3 Å². The third-order valence-corrected chi connectivity index (χ3v) is 10.7. The summed E-state index contributed by atoms with van der Waals surface area (Å²) in [6, 6.07) is 8.42. The zero-order valence-electron chi connectivity index (χ0n) is 24.7. The molecule has 6 unspecified atom stereocenters. The van der Waals surface area contributed by atoms with Crippen molar-refractivity contribution in [3.05, 3.63) is 42.2 Å². The topological polar surface area (TPSA) is 213 Å². The average molecular weight is 653 g/mol. The molecule has 0 amide bonds. The molecule has 2 fully saturated rings. The van der Waals surface area contributed by atoms with Crippen LogP contribution >= 0.6 is 19.5 Å². The Balaban J connectivity index is 1.26. The number of nitrogens with two attached hydrogens (primary N) is 1. The number of nitrogens with zero attached hydrogens (tertiary/aromatic N) is 4. The minimum absolute atomic E-state index is 0.0505. The highest BCUT2D eigenvalue weighted by Gasteiger charge is 2.85. The van der Waals surface area contributed by atoms with Gasteiger partial charge in [0.15, 0.2) is 16.3 Å². The fourth-order valence-corrected chi connectivity index (χ4v) is 7.57. The summed E-state index contributed by atoms with van der Waals surface area (Å²) in [7, 11) is -2.57. The first-order valence-corrected chi connectivity index (χ1v) is 16.4. The first-order valence-electron chi connectivity index (χ1n) is 13.9. The monoisotopic (exact) mass is 652 g/mol. The van der Waals surface area contributed by atoms with Gasteiger partial charge in [0, 0.05) is 12.3 Å². The van der Waals surface area contributed by atoms with Gasteiger partial charge in [0.25, 0.3) is 0 Å². The van der Waals surface area contributed by atoms with Gasteiger partial charge in [-0.2, -0.15) is 9.97 Å². The largest absolute Gasteiger partial charge is 0.479 e. The maximum absolute atomic E-state index is 13.8. The molecule has 5 rings (SSSR count). The summed E-state index contributed by atoms with van der Waals surface area (Å²) in [5.74, 6) is 0.286. The number of benzene rings is 1. The molecule has 2 aliphatic rings. The van der Waals surface area contributed by atoms with Crippen LogP contribution < -0.4 is 15.6 Å². The maximum Gasteiger partial charge on any atom is 0.405 e. The molecule has 1 saturated carbocycles. The number of rotatable bonds is 14. The van der Waals surface area contributed by atoms with Crippen molar-refractivity contribution >= 4 is 41.7 Å². The summed E-state index contributed by atoms with van der Waals surface area (Å²) in [6.45, 7) is 4.28. The molecule has 1 aliphatic heterocycles. The second-order valence-electron chi connectivity index (χ2n) is 11.5. The predicted molar refractivity (Wildman–Crippen MR) is 161 cm³/mol. The summed E-state index contributed by atoms with van der Waals surface area (Å²) < 4.78 is 38.0. The van der Waals surface area contributed by atoms with Gasteiger partial charge >= 0.3 is 7.75 Å². The van der Waals surface area contributed by atoms with Gasteiger partial charge in [-0.25, -0.2) is 14.6 Å². The molecule has 3 heterocycles. The van der Waals surface area contributed by atoms with Crippen LogP contribution in [0, 0.1) is 5.41 Å². The lowest BCUT2D eigenvalue weighted by Crippen LogP contribution is -2.40. The summed E-state index contributed by atoms with van der Waals surface area (Å²) in [6.07, 6.45) is -1.05. The number of carbonyl (C=O) groups excluding carboxylic acids is 1. The first kappa shape index (κ1) is 32.7. The number of ether oxygens (including phenoxy) is 2. The Labute approximate surface area is 258 Å².